The van der Waals surface area contributed by atoms with Crippen molar-refractivity contribution >= 4 is 22.8 Å². The summed E-state index contributed by atoms with van der Waals surface area (Å²) < 4.78 is 9.37. The zero-order valence-corrected chi connectivity index (χ0v) is 15.1. The molecule has 0 aliphatic carbocycles. The first-order chi connectivity index (χ1) is 12.9. The molecule has 0 saturated carbocycles. The molecule has 0 radical (unpaired) electrons. The summed E-state index contributed by atoms with van der Waals surface area (Å²) in [7, 11) is 2.37. The van der Waals surface area contributed by atoms with Crippen LogP contribution in [0, 0.1) is 6.92 Å². The van der Waals surface area contributed by atoms with Gasteiger partial charge in [0, 0.05) is 11.6 Å². The van der Waals surface area contributed by atoms with Crippen molar-refractivity contribution in [2.24, 2.45) is 0 Å². The lowest BCUT2D eigenvalue weighted by Crippen LogP contribution is -2.12. The monoisotopic (exact) mass is 366 g/mol. The van der Waals surface area contributed by atoms with Gasteiger partial charge in [0.1, 0.15) is 5.52 Å². The average molecular weight is 366 g/mol. The van der Waals surface area contributed by atoms with Gasteiger partial charge in [-0.3, -0.25) is 4.98 Å². The topological polar surface area (TPSA) is 98.6 Å². The zero-order valence-electron chi connectivity index (χ0n) is 15.1. The zero-order chi connectivity index (χ0) is 19.6. The Morgan fingerprint density at radius 2 is 1.63 bits per heavy atom. The van der Waals surface area contributed by atoms with E-state index >= 15 is 0 Å². The Balaban J connectivity index is 2.15. The van der Waals surface area contributed by atoms with Crippen LogP contribution in [0.4, 0.5) is 0 Å². The molecule has 1 N–H and O–H groups in total. The van der Waals surface area contributed by atoms with Crippen LogP contribution in [-0.2, 0) is 15.9 Å². The molecule has 0 amide bonds. The highest BCUT2D eigenvalue weighted by Crippen LogP contribution is 2.30. The lowest BCUT2D eigenvalue weighted by Gasteiger charge is -2.11. The minimum Gasteiger partial charge on any atom is -0.504 e. The first kappa shape index (κ1) is 18.3. The van der Waals surface area contributed by atoms with Gasteiger partial charge in [-0.1, -0.05) is 29.8 Å². The molecule has 0 unspecified atom stereocenters. The number of hydrogen-bond acceptors (Lipinski definition) is 7. The van der Waals surface area contributed by atoms with Crippen LogP contribution in [0.1, 0.15) is 37.7 Å². The second kappa shape index (κ2) is 7.41. The second-order valence-corrected chi connectivity index (χ2v) is 6.04. The number of fused-ring (bicyclic) bond motifs is 1. The Labute approximate surface area is 155 Å². The molecule has 0 aliphatic rings. The van der Waals surface area contributed by atoms with Gasteiger partial charge in [-0.2, -0.15) is 0 Å². The van der Waals surface area contributed by atoms with Crippen molar-refractivity contribution in [2.45, 2.75) is 13.3 Å². The first-order valence-electron chi connectivity index (χ1n) is 8.18. The van der Waals surface area contributed by atoms with E-state index < -0.39 is 17.7 Å². The summed E-state index contributed by atoms with van der Waals surface area (Å²) in [5, 5.41) is 10.7. The van der Waals surface area contributed by atoms with Crippen LogP contribution in [0.2, 0.25) is 0 Å². The van der Waals surface area contributed by atoms with E-state index in [1.807, 2.05) is 31.2 Å². The molecular formula is C20H18N2O5. The van der Waals surface area contributed by atoms with Gasteiger partial charge in [0.15, 0.2) is 17.1 Å². The van der Waals surface area contributed by atoms with E-state index in [-0.39, 0.29) is 16.9 Å². The number of aromatic hydroxyl groups is 1. The smallest absolute Gasteiger partial charge is 0.360 e. The summed E-state index contributed by atoms with van der Waals surface area (Å²) in [5.74, 6) is -2.05. The van der Waals surface area contributed by atoms with Crippen LogP contribution in [0.5, 0.6) is 5.75 Å². The predicted octanol–water partition coefficient (Wildman–Crippen LogP) is 2.81. The van der Waals surface area contributed by atoms with E-state index in [0.29, 0.717) is 11.8 Å². The number of methoxy groups -OCH3 is 2. The maximum absolute atomic E-state index is 12.2. The number of pyridine rings is 2. The number of ether oxygens (including phenoxy) is 2. The quantitative estimate of drug-likeness (QED) is 0.709. The van der Waals surface area contributed by atoms with E-state index in [4.69, 9.17) is 4.74 Å². The molecule has 0 aliphatic heterocycles. The van der Waals surface area contributed by atoms with E-state index in [2.05, 4.69) is 14.7 Å². The fourth-order valence-electron chi connectivity index (χ4n) is 2.74. The molecule has 3 rings (SSSR count). The predicted molar refractivity (Wildman–Crippen MR) is 97.9 cm³/mol. The van der Waals surface area contributed by atoms with Crippen LogP contribution < -0.4 is 0 Å². The molecular weight excluding hydrogens is 348 g/mol. The van der Waals surface area contributed by atoms with Crippen molar-refractivity contribution in [1.82, 2.24) is 9.97 Å². The number of carbonyl (C=O) groups excluding carboxylic acids is 2. The van der Waals surface area contributed by atoms with Crippen LogP contribution >= 0.6 is 0 Å². The van der Waals surface area contributed by atoms with Crippen LogP contribution in [0.15, 0.2) is 36.5 Å². The molecule has 7 nitrogen and oxygen atoms in total. The van der Waals surface area contributed by atoms with Gasteiger partial charge in [-0.25, -0.2) is 14.6 Å². The minimum absolute atomic E-state index is 0.0819. The molecule has 0 bridgehead atoms. The molecule has 0 saturated heterocycles. The lowest BCUT2D eigenvalue weighted by molar-refractivity contribution is 0.0585. The molecule has 0 atom stereocenters. The number of hydrogen-bond donors (Lipinski definition) is 1. The molecule has 7 heteroatoms. The molecule has 27 heavy (non-hydrogen) atoms. The van der Waals surface area contributed by atoms with Crippen molar-refractivity contribution in [3.05, 3.63) is 64.6 Å². The van der Waals surface area contributed by atoms with Gasteiger partial charge in [0.2, 0.25) is 0 Å². The van der Waals surface area contributed by atoms with Crippen LogP contribution in [0.3, 0.4) is 0 Å². The van der Waals surface area contributed by atoms with Gasteiger partial charge in [-0.15, -0.1) is 0 Å². The highest BCUT2D eigenvalue weighted by molar-refractivity contribution is 6.07. The fourth-order valence-corrected chi connectivity index (χ4v) is 2.74. The third kappa shape index (κ3) is 3.57. The number of aryl methyl sites for hydroxylation is 1. The molecule has 0 spiro atoms. The maximum atomic E-state index is 12.2. The largest absolute Gasteiger partial charge is 0.504 e. The summed E-state index contributed by atoms with van der Waals surface area (Å²) >= 11 is 0. The van der Waals surface area contributed by atoms with E-state index in [1.165, 1.54) is 7.11 Å². The summed E-state index contributed by atoms with van der Waals surface area (Å²) in [6.07, 6.45) is 2.17. The van der Waals surface area contributed by atoms with Crippen LogP contribution in [0.25, 0.3) is 10.9 Å². The average Bonchev–Trinajstić information content (AvgIpc) is 2.69. The van der Waals surface area contributed by atoms with Crippen molar-refractivity contribution < 1.29 is 24.2 Å². The summed E-state index contributed by atoms with van der Waals surface area (Å²) in [6.45, 7) is 2.01. The van der Waals surface area contributed by atoms with E-state index in [9.17, 15) is 14.7 Å². The maximum Gasteiger partial charge on any atom is 0.360 e. The number of carbonyl (C=O) groups is 2. The normalized spacial score (nSPS) is 10.6. The Bertz CT molecular complexity index is 1030. The van der Waals surface area contributed by atoms with Gasteiger partial charge < -0.3 is 14.6 Å². The highest BCUT2D eigenvalue weighted by atomic mass is 16.5. The second-order valence-electron chi connectivity index (χ2n) is 6.04. The van der Waals surface area contributed by atoms with E-state index in [0.717, 1.165) is 23.8 Å². The van der Waals surface area contributed by atoms with Gasteiger partial charge in [0.05, 0.1) is 14.2 Å². The van der Waals surface area contributed by atoms with Gasteiger partial charge in [0.25, 0.3) is 0 Å². The van der Waals surface area contributed by atoms with Crippen molar-refractivity contribution in [1.29, 1.82) is 0 Å². The van der Waals surface area contributed by atoms with Gasteiger partial charge >= 0.3 is 11.9 Å². The Morgan fingerprint density at radius 1 is 1.00 bits per heavy atom. The molecule has 2 aromatic heterocycles. The number of benzene rings is 1. The van der Waals surface area contributed by atoms with Crippen molar-refractivity contribution in [2.75, 3.05) is 14.2 Å². The molecule has 2 heterocycles. The Kier molecular flexibility index (Phi) is 5.03. The standard InChI is InChI=1S/C20H18N2O5/c1-11-4-6-12(7-5-11)8-13-9-14-15(21-10-13)18(23)17(20(25)27-3)22-16(14)19(24)26-2/h4-7,9-10,23H,8H2,1-3H3. The fraction of sp³-hybridized carbons (Fsp3) is 0.200. The molecule has 3 aromatic rings. The third-order valence-corrected chi connectivity index (χ3v) is 4.16. The number of nitrogens with zero attached hydrogens (tertiary/aromatic N) is 2. The molecule has 1 aromatic carbocycles. The highest BCUT2D eigenvalue weighted by Gasteiger charge is 2.24. The third-order valence-electron chi connectivity index (χ3n) is 4.16. The van der Waals surface area contributed by atoms with E-state index in [1.54, 1.807) is 12.3 Å². The Morgan fingerprint density at radius 3 is 2.26 bits per heavy atom. The summed E-state index contributed by atoms with van der Waals surface area (Å²) in [6, 6.07) is 9.76. The molecule has 0 fully saturated rings. The Hall–Kier alpha value is -3.48. The van der Waals surface area contributed by atoms with Gasteiger partial charge in [-0.05, 0) is 30.5 Å². The number of esters is 2. The van der Waals surface area contributed by atoms with Crippen molar-refractivity contribution in [3.63, 3.8) is 0 Å². The van der Waals surface area contributed by atoms with Crippen LogP contribution in [-0.4, -0.2) is 41.2 Å². The summed E-state index contributed by atoms with van der Waals surface area (Å²) in [4.78, 5) is 32.2. The lowest BCUT2D eigenvalue weighted by atomic mass is 10.0. The molecule has 138 valence electrons. The number of aromatic nitrogens is 2. The SMILES string of the molecule is COC(=O)c1nc(C(=O)OC)c2cc(Cc3ccc(C)cc3)cnc2c1O. The first-order valence-corrected chi connectivity index (χ1v) is 8.18. The van der Waals surface area contributed by atoms with Crippen molar-refractivity contribution in [3.8, 4) is 5.75 Å². The number of rotatable bonds is 4. The summed E-state index contributed by atoms with van der Waals surface area (Å²) in [5.41, 5.74) is 2.65. The minimum atomic E-state index is -0.870.